The molecule has 0 aromatic carbocycles. The Morgan fingerprint density at radius 3 is 2.79 bits per heavy atom. The third-order valence-corrected chi connectivity index (χ3v) is 4.89. The second-order valence-electron chi connectivity index (χ2n) is 6.58. The average Bonchev–Trinajstić information content (AvgIpc) is 3.34. The van der Waals surface area contributed by atoms with Gasteiger partial charge in [0.05, 0.1) is 18.1 Å². The number of aryl methyl sites for hydroxylation is 1. The van der Waals surface area contributed by atoms with Crippen LogP contribution in [0.15, 0.2) is 24.7 Å². The maximum atomic E-state index is 4.93. The molecule has 0 saturated heterocycles. The molecule has 3 aromatic heterocycles. The number of anilines is 1. The summed E-state index contributed by atoms with van der Waals surface area (Å²) in [6, 6.07) is 1.95. The molecule has 1 saturated carbocycles. The zero-order valence-electron chi connectivity index (χ0n) is 14.3. The van der Waals surface area contributed by atoms with Gasteiger partial charge < -0.3 is 4.90 Å². The van der Waals surface area contributed by atoms with E-state index >= 15 is 0 Å². The van der Waals surface area contributed by atoms with E-state index in [2.05, 4.69) is 22.1 Å². The summed E-state index contributed by atoms with van der Waals surface area (Å²) >= 11 is 0. The standard InChI is InChI=1S/C17H23N7/c1-22(10-11-24-9-5-8-18-24)16-14-12-19-23(2)17(14)21-15(20-16)13-6-3-4-7-13/h5,8-9,12-13H,3-4,6-7,10-11H2,1-2H3. The summed E-state index contributed by atoms with van der Waals surface area (Å²) in [5.74, 6) is 2.44. The van der Waals surface area contributed by atoms with Crippen molar-refractivity contribution in [2.45, 2.75) is 38.1 Å². The van der Waals surface area contributed by atoms with Crippen molar-refractivity contribution < 1.29 is 0 Å². The molecule has 24 heavy (non-hydrogen) atoms. The van der Waals surface area contributed by atoms with Gasteiger partial charge in [0.2, 0.25) is 0 Å². The van der Waals surface area contributed by atoms with E-state index in [1.807, 2.05) is 41.1 Å². The van der Waals surface area contributed by atoms with Crippen molar-refractivity contribution >= 4 is 16.9 Å². The van der Waals surface area contributed by atoms with Crippen LogP contribution in [0.25, 0.3) is 11.0 Å². The van der Waals surface area contributed by atoms with Crippen LogP contribution in [0.1, 0.15) is 37.4 Å². The smallest absolute Gasteiger partial charge is 0.163 e. The van der Waals surface area contributed by atoms with Crippen LogP contribution in [0.3, 0.4) is 0 Å². The molecule has 0 atom stereocenters. The maximum Gasteiger partial charge on any atom is 0.163 e. The molecule has 126 valence electrons. The summed E-state index contributed by atoms with van der Waals surface area (Å²) in [5, 5.41) is 9.67. The molecule has 1 aliphatic rings. The fraction of sp³-hybridized carbons (Fsp3) is 0.529. The van der Waals surface area contributed by atoms with Crippen LogP contribution < -0.4 is 4.90 Å². The fourth-order valence-electron chi connectivity index (χ4n) is 3.47. The van der Waals surface area contributed by atoms with Crippen molar-refractivity contribution in [2.75, 3.05) is 18.5 Å². The summed E-state index contributed by atoms with van der Waals surface area (Å²) in [4.78, 5) is 11.9. The lowest BCUT2D eigenvalue weighted by Crippen LogP contribution is -2.24. The van der Waals surface area contributed by atoms with Gasteiger partial charge in [-0.05, 0) is 18.9 Å². The number of rotatable bonds is 5. The molecule has 7 nitrogen and oxygen atoms in total. The van der Waals surface area contributed by atoms with Crippen LogP contribution in [0.4, 0.5) is 5.82 Å². The molecule has 0 unspecified atom stereocenters. The van der Waals surface area contributed by atoms with Crippen molar-refractivity contribution in [1.82, 2.24) is 29.5 Å². The fourth-order valence-corrected chi connectivity index (χ4v) is 3.47. The van der Waals surface area contributed by atoms with E-state index in [0.717, 1.165) is 35.8 Å². The van der Waals surface area contributed by atoms with E-state index in [1.165, 1.54) is 25.7 Å². The maximum absolute atomic E-state index is 4.93. The van der Waals surface area contributed by atoms with Gasteiger partial charge in [0.25, 0.3) is 0 Å². The van der Waals surface area contributed by atoms with Gasteiger partial charge in [-0.1, -0.05) is 12.8 Å². The first-order valence-electron chi connectivity index (χ1n) is 8.60. The summed E-state index contributed by atoms with van der Waals surface area (Å²) < 4.78 is 3.79. The second kappa shape index (κ2) is 6.22. The molecule has 4 rings (SSSR count). The van der Waals surface area contributed by atoms with Crippen LogP contribution in [-0.2, 0) is 13.6 Å². The SMILES string of the molecule is CN(CCn1cccn1)c1nc(C2CCCC2)nc2c1cnn2C. The first-order chi connectivity index (χ1) is 11.7. The van der Waals surface area contributed by atoms with Gasteiger partial charge in [-0.15, -0.1) is 0 Å². The van der Waals surface area contributed by atoms with Crippen molar-refractivity contribution in [3.8, 4) is 0 Å². The number of hydrogen-bond acceptors (Lipinski definition) is 5. The van der Waals surface area contributed by atoms with Gasteiger partial charge in [0.15, 0.2) is 5.65 Å². The first-order valence-corrected chi connectivity index (χ1v) is 8.60. The van der Waals surface area contributed by atoms with Crippen LogP contribution >= 0.6 is 0 Å². The minimum Gasteiger partial charge on any atom is -0.357 e. The molecular weight excluding hydrogens is 302 g/mol. The highest BCUT2D eigenvalue weighted by atomic mass is 15.3. The Hall–Kier alpha value is -2.44. The lowest BCUT2D eigenvalue weighted by molar-refractivity contribution is 0.607. The molecule has 3 heterocycles. The van der Waals surface area contributed by atoms with Crippen LogP contribution in [0, 0.1) is 0 Å². The zero-order chi connectivity index (χ0) is 16.5. The molecule has 0 aliphatic heterocycles. The van der Waals surface area contributed by atoms with Gasteiger partial charge in [-0.25, -0.2) is 9.97 Å². The van der Waals surface area contributed by atoms with Gasteiger partial charge in [0.1, 0.15) is 11.6 Å². The third kappa shape index (κ3) is 2.74. The van der Waals surface area contributed by atoms with Crippen molar-refractivity contribution in [1.29, 1.82) is 0 Å². The number of likely N-dealkylation sites (N-methyl/N-ethyl adjacent to an activating group) is 1. The number of aromatic nitrogens is 6. The van der Waals surface area contributed by atoms with E-state index in [4.69, 9.17) is 9.97 Å². The average molecular weight is 325 g/mol. The second-order valence-corrected chi connectivity index (χ2v) is 6.58. The van der Waals surface area contributed by atoms with Crippen molar-refractivity contribution in [2.24, 2.45) is 7.05 Å². The van der Waals surface area contributed by atoms with E-state index < -0.39 is 0 Å². The number of nitrogens with zero attached hydrogens (tertiary/aromatic N) is 7. The topological polar surface area (TPSA) is 64.7 Å². The van der Waals surface area contributed by atoms with E-state index in [9.17, 15) is 0 Å². The molecule has 0 spiro atoms. The predicted octanol–water partition coefficient (Wildman–Crippen LogP) is 2.35. The Bertz CT molecular complexity index is 815. The van der Waals surface area contributed by atoms with Crippen LogP contribution in [0.5, 0.6) is 0 Å². The molecule has 0 amide bonds. The minimum atomic E-state index is 0.488. The van der Waals surface area contributed by atoms with E-state index in [1.54, 1.807) is 0 Å². The Morgan fingerprint density at radius 1 is 1.21 bits per heavy atom. The van der Waals surface area contributed by atoms with Gasteiger partial charge in [-0.2, -0.15) is 10.2 Å². The van der Waals surface area contributed by atoms with Crippen molar-refractivity contribution in [3.63, 3.8) is 0 Å². The zero-order valence-corrected chi connectivity index (χ0v) is 14.3. The summed E-state index contributed by atoms with van der Waals surface area (Å²) in [5.41, 5.74) is 0.924. The molecule has 0 N–H and O–H groups in total. The Balaban J connectivity index is 1.66. The summed E-state index contributed by atoms with van der Waals surface area (Å²) in [6.45, 7) is 1.67. The Labute approximate surface area is 141 Å². The van der Waals surface area contributed by atoms with Gasteiger partial charge >= 0.3 is 0 Å². The number of hydrogen-bond donors (Lipinski definition) is 0. The first kappa shape index (κ1) is 15.1. The molecule has 0 radical (unpaired) electrons. The minimum absolute atomic E-state index is 0.488. The molecule has 3 aromatic rings. The lowest BCUT2D eigenvalue weighted by Gasteiger charge is -2.20. The highest BCUT2D eigenvalue weighted by molar-refractivity contribution is 5.86. The Morgan fingerprint density at radius 2 is 2.04 bits per heavy atom. The van der Waals surface area contributed by atoms with E-state index in [-0.39, 0.29) is 0 Å². The lowest BCUT2D eigenvalue weighted by atomic mass is 10.1. The highest BCUT2D eigenvalue weighted by Gasteiger charge is 2.23. The molecule has 7 heteroatoms. The molecule has 1 fully saturated rings. The van der Waals surface area contributed by atoms with E-state index in [0.29, 0.717) is 5.92 Å². The third-order valence-electron chi connectivity index (χ3n) is 4.89. The predicted molar refractivity (Wildman–Crippen MR) is 93.0 cm³/mol. The van der Waals surface area contributed by atoms with Gasteiger partial charge in [-0.3, -0.25) is 9.36 Å². The van der Waals surface area contributed by atoms with Crippen LogP contribution in [0.2, 0.25) is 0 Å². The molecule has 1 aliphatic carbocycles. The normalized spacial score (nSPS) is 15.4. The summed E-state index contributed by atoms with van der Waals surface area (Å²) in [6.07, 6.45) is 10.6. The van der Waals surface area contributed by atoms with Crippen LogP contribution in [-0.4, -0.2) is 43.1 Å². The molecule has 0 bridgehead atoms. The van der Waals surface area contributed by atoms with Crippen molar-refractivity contribution in [3.05, 3.63) is 30.5 Å². The van der Waals surface area contributed by atoms with Gasteiger partial charge in [0, 0.05) is 39.0 Å². The summed E-state index contributed by atoms with van der Waals surface area (Å²) in [7, 11) is 4.03. The molecular formula is C17H23N7. The Kier molecular flexibility index (Phi) is 3.92. The quantitative estimate of drug-likeness (QED) is 0.720. The number of fused-ring (bicyclic) bond motifs is 1. The monoisotopic (exact) mass is 325 g/mol. The largest absolute Gasteiger partial charge is 0.357 e. The highest BCUT2D eigenvalue weighted by Crippen LogP contribution is 2.34.